The van der Waals surface area contributed by atoms with Gasteiger partial charge < -0.3 is 4.90 Å². The largest absolute Gasteiger partial charge is 0.355 e. The van der Waals surface area contributed by atoms with E-state index in [0.717, 1.165) is 35.4 Å². The third kappa shape index (κ3) is 3.35. The Hall–Kier alpha value is -3.21. The van der Waals surface area contributed by atoms with Crippen molar-refractivity contribution in [1.82, 2.24) is 19.7 Å². The Morgan fingerprint density at radius 2 is 1.72 bits per heavy atom. The van der Waals surface area contributed by atoms with Crippen molar-refractivity contribution in [2.45, 2.75) is 13.1 Å². The molecule has 0 atom stereocenters. The predicted molar refractivity (Wildman–Crippen MR) is 99.4 cm³/mol. The first kappa shape index (κ1) is 15.3. The number of aromatic nitrogens is 4. The van der Waals surface area contributed by atoms with E-state index in [1.54, 1.807) is 6.33 Å². The van der Waals surface area contributed by atoms with Gasteiger partial charge >= 0.3 is 0 Å². The fourth-order valence-corrected chi connectivity index (χ4v) is 2.99. The molecule has 0 spiro atoms. The van der Waals surface area contributed by atoms with Crippen LogP contribution in [0.25, 0.3) is 10.9 Å². The van der Waals surface area contributed by atoms with Crippen LogP contribution in [0.4, 0.5) is 5.82 Å². The van der Waals surface area contributed by atoms with Gasteiger partial charge in [0, 0.05) is 30.7 Å². The van der Waals surface area contributed by atoms with Crippen LogP contribution in [-0.4, -0.2) is 26.8 Å². The summed E-state index contributed by atoms with van der Waals surface area (Å²) >= 11 is 0. The van der Waals surface area contributed by atoms with Crippen molar-refractivity contribution in [2.24, 2.45) is 0 Å². The number of fused-ring (bicyclic) bond motifs is 1. The molecule has 0 fully saturated rings. The van der Waals surface area contributed by atoms with Crippen LogP contribution in [0.1, 0.15) is 11.1 Å². The normalized spacial score (nSPS) is 10.9. The highest BCUT2D eigenvalue weighted by molar-refractivity contribution is 5.89. The van der Waals surface area contributed by atoms with Gasteiger partial charge in [0.15, 0.2) is 0 Å². The van der Waals surface area contributed by atoms with Gasteiger partial charge in [-0.3, -0.25) is 4.68 Å². The van der Waals surface area contributed by atoms with Crippen molar-refractivity contribution in [2.75, 3.05) is 11.9 Å². The van der Waals surface area contributed by atoms with Gasteiger partial charge in [0.2, 0.25) is 0 Å². The first-order valence-electron chi connectivity index (χ1n) is 8.26. The quantitative estimate of drug-likeness (QED) is 0.562. The van der Waals surface area contributed by atoms with E-state index in [4.69, 9.17) is 0 Å². The molecule has 0 saturated heterocycles. The molecular formula is C20H19N5. The second kappa shape index (κ2) is 6.73. The number of para-hydroxylation sites is 1. The fourth-order valence-electron chi connectivity index (χ4n) is 2.99. The van der Waals surface area contributed by atoms with Gasteiger partial charge in [-0.15, -0.1) is 0 Å². The summed E-state index contributed by atoms with van der Waals surface area (Å²) < 4.78 is 1.97. The Labute approximate surface area is 146 Å². The summed E-state index contributed by atoms with van der Waals surface area (Å²) in [5.74, 6) is 0.932. The first-order valence-corrected chi connectivity index (χ1v) is 8.26. The number of rotatable bonds is 5. The predicted octanol–water partition coefficient (Wildman–Crippen LogP) is 3.51. The summed E-state index contributed by atoms with van der Waals surface area (Å²) in [4.78, 5) is 10.9. The third-order valence-corrected chi connectivity index (χ3v) is 4.18. The topological polar surface area (TPSA) is 46.8 Å². The monoisotopic (exact) mass is 329 g/mol. The molecule has 0 aliphatic rings. The van der Waals surface area contributed by atoms with Gasteiger partial charge in [-0.1, -0.05) is 42.5 Å². The first-order chi connectivity index (χ1) is 12.3. The maximum atomic E-state index is 4.48. The summed E-state index contributed by atoms with van der Waals surface area (Å²) in [5.41, 5.74) is 3.35. The highest BCUT2D eigenvalue weighted by Gasteiger charge is 2.10. The minimum atomic E-state index is 0.746. The molecule has 5 nitrogen and oxygen atoms in total. The van der Waals surface area contributed by atoms with Crippen molar-refractivity contribution < 1.29 is 0 Å². The van der Waals surface area contributed by atoms with E-state index in [9.17, 15) is 0 Å². The van der Waals surface area contributed by atoms with Gasteiger partial charge in [-0.25, -0.2) is 9.97 Å². The number of hydrogen-bond donors (Lipinski definition) is 0. The molecule has 2 heterocycles. The summed E-state index contributed by atoms with van der Waals surface area (Å²) in [5, 5.41) is 5.54. The molecule has 0 N–H and O–H groups in total. The van der Waals surface area contributed by atoms with Crippen LogP contribution in [-0.2, 0) is 13.1 Å². The van der Waals surface area contributed by atoms with Gasteiger partial charge in [-0.05, 0) is 17.7 Å². The molecule has 0 amide bonds. The molecule has 0 unspecified atom stereocenters. The average molecular weight is 329 g/mol. The van der Waals surface area contributed by atoms with Crippen LogP contribution in [0.2, 0.25) is 0 Å². The van der Waals surface area contributed by atoms with E-state index in [1.165, 1.54) is 5.56 Å². The summed E-state index contributed by atoms with van der Waals surface area (Å²) in [6.45, 7) is 1.52. The Morgan fingerprint density at radius 1 is 0.920 bits per heavy atom. The molecule has 0 aliphatic carbocycles. The number of nitrogens with zero attached hydrogens (tertiary/aromatic N) is 5. The smallest absolute Gasteiger partial charge is 0.139 e. The van der Waals surface area contributed by atoms with Crippen molar-refractivity contribution in [1.29, 1.82) is 0 Å². The van der Waals surface area contributed by atoms with Crippen LogP contribution in [0.15, 0.2) is 73.3 Å². The lowest BCUT2D eigenvalue weighted by Crippen LogP contribution is -2.18. The van der Waals surface area contributed by atoms with E-state index in [1.807, 2.05) is 54.3 Å². The van der Waals surface area contributed by atoms with Gasteiger partial charge in [0.25, 0.3) is 0 Å². The highest BCUT2D eigenvalue weighted by atomic mass is 15.3. The van der Waals surface area contributed by atoms with E-state index >= 15 is 0 Å². The van der Waals surface area contributed by atoms with Crippen molar-refractivity contribution >= 4 is 16.7 Å². The van der Waals surface area contributed by atoms with Gasteiger partial charge in [0.1, 0.15) is 12.1 Å². The zero-order valence-electron chi connectivity index (χ0n) is 14.1. The van der Waals surface area contributed by atoms with E-state index < -0.39 is 0 Å². The molecule has 0 bridgehead atoms. The highest BCUT2D eigenvalue weighted by Crippen LogP contribution is 2.22. The van der Waals surface area contributed by atoms with Crippen LogP contribution in [0.3, 0.4) is 0 Å². The lowest BCUT2D eigenvalue weighted by molar-refractivity contribution is 0.686. The van der Waals surface area contributed by atoms with Gasteiger partial charge in [0.05, 0.1) is 18.3 Å². The molecule has 4 aromatic rings. The Bertz CT molecular complexity index is 972. The summed E-state index contributed by atoms with van der Waals surface area (Å²) in [6.07, 6.45) is 5.63. The van der Waals surface area contributed by atoms with E-state index in [0.29, 0.717) is 0 Å². The summed E-state index contributed by atoms with van der Waals surface area (Å²) in [7, 11) is 2.04. The SMILES string of the molecule is CN(Cc1cnn(Cc2ccccc2)c1)c1ncnc2ccccc12. The number of hydrogen-bond acceptors (Lipinski definition) is 4. The maximum Gasteiger partial charge on any atom is 0.139 e. The summed E-state index contributed by atoms with van der Waals surface area (Å²) in [6, 6.07) is 18.4. The minimum absolute atomic E-state index is 0.746. The molecule has 0 radical (unpaired) electrons. The Morgan fingerprint density at radius 3 is 2.60 bits per heavy atom. The van der Waals surface area contributed by atoms with Crippen LogP contribution in [0.5, 0.6) is 0 Å². The molecular weight excluding hydrogens is 310 g/mol. The number of anilines is 1. The second-order valence-electron chi connectivity index (χ2n) is 6.10. The molecule has 25 heavy (non-hydrogen) atoms. The molecule has 0 saturated carbocycles. The van der Waals surface area contributed by atoms with Crippen molar-refractivity contribution in [3.05, 3.63) is 84.4 Å². The lowest BCUT2D eigenvalue weighted by atomic mass is 10.2. The van der Waals surface area contributed by atoms with E-state index in [2.05, 4.69) is 44.4 Å². The molecule has 5 heteroatoms. The molecule has 124 valence electrons. The zero-order chi connectivity index (χ0) is 17.1. The van der Waals surface area contributed by atoms with E-state index in [-0.39, 0.29) is 0 Å². The standard InChI is InChI=1S/C20H19N5/c1-24(20-18-9-5-6-10-19(18)21-15-22-20)12-17-11-23-25(14-17)13-16-7-3-2-4-8-16/h2-11,14-15H,12-13H2,1H3. The molecule has 2 aromatic heterocycles. The average Bonchev–Trinajstić information content (AvgIpc) is 3.09. The second-order valence-corrected chi connectivity index (χ2v) is 6.10. The van der Waals surface area contributed by atoms with Crippen LogP contribution in [0, 0.1) is 0 Å². The fraction of sp³-hybridized carbons (Fsp3) is 0.150. The van der Waals surface area contributed by atoms with Crippen molar-refractivity contribution in [3.8, 4) is 0 Å². The van der Waals surface area contributed by atoms with Crippen molar-refractivity contribution in [3.63, 3.8) is 0 Å². The molecule has 4 rings (SSSR count). The van der Waals surface area contributed by atoms with Gasteiger partial charge in [-0.2, -0.15) is 5.10 Å². The molecule has 2 aromatic carbocycles. The number of benzene rings is 2. The lowest BCUT2D eigenvalue weighted by Gasteiger charge is -2.18. The zero-order valence-corrected chi connectivity index (χ0v) is 14.1. The third-order valence-electron chi connectivity index (χ3n) is 4.18. The molecule has 0 aliphatic heterocycles. The maximum absolute atomic E-state index is 4.48. The van der Waals surface area contributed by atoms with Crippen LogP contribution < -0.4 is 4.90 Å². The van der Waals surface area contributed by atoms with Crippen LogP contribution >= 0.6 is 0 Å². The Balaban J connectivity index is 1.52. The minimum Gasteiger partial charge on any atom is -0.355 e. The Kier molecular flexibility index (Phi) is 4.12.